The summed E-state index contributed by atoms with van der Waals surface area (Å²) in [6.07, 6.45) is -4.47. The van der Waals surface area contributed by atoms with E-state index in [9.17, 15) is 13.2 Å². The Morgan fingerprint density at radius 3 is 2.47 bits per heavy atom. The molecule has 3 nitrogen and oxygen atoms in total. The average Bonchev–Trinajstić information content (AvgIpc) is 2.63. The number of hydrogen-bond acceptors (Lipinski definition) is 3. The maximum absolute atomic E-state index is 12.8. The van der Waals surface area contributed by atoms with Crippen LogP contribution in [0.15, 0.2) is 33.3 Å². The molecular formula is C10H6BrF3N2O. The number of hydrogen-bond donors (Lipinski definition) is 1. The standard InChI is InChI=1S/C10H6BrF3N2O/c11-5-1-2-6(7(3-5)10(12,13)14)8-4-9(15)17-16-8/h1-4H,15H2. The van der Waals surface area contributed by atoms with E-state index in [1.807, 2.05) is 0 Å². The first-order valence-electron chi connectivity index (χ1n) is 4.47. The van der Waals surface area contributed by atoms with Crippen LogP contribution in [0.3, 0.4) is 0 Å². The fourth-order valence-corrected chi connectivity index (χ4v) is 1.75. The quantitative estimate of drug-likeness (QED) is 0.874. The normalized spacial score (nSPS) is 11.8. The Morgan fingerprint density at radius 2 is 1.94 bits per heavy atom. The molecule has 0 bridgehead atoms. The Labute approximate surface area is 103 Å². The highest BCUT2D eigenvalue weighted by Crippen LogP contribution is 2.38. The summed E-state index contributed by atoms with van der Waals surface area (Å²) in [5.41, 5.74) is 4.48. The van der Waals surface area contributed by atoms with Gasteiger partial charge in [0.05, 0.1) is 5.56 Å². The largest absolute Gasteiger partial charge is 0.417 e. The van der Waals surface area contributed by atoms with Crippen LogP contribution in [0.25, 0.3) is 11.3 Å². The minimum absolute atomic E-state index is 0.0314. The molecule has 90 valence electrons. The van der Waals surface area contributed by atoms with E-state index in [0.717, 1.165) is 6.07 Å². The van der Waals surface area contributed by atoms with Crippen molar-refractivity contribution in [2.45, 2.75) is 6.18 Å². The van der Waals surface area contributed by atoms with Gasteiger partial charge >= 0.3 is 6.18 Å². The number of benzene rings is 1. The SMILES string of the molecule is Nc1cc(-c2ccc(Br)cc2C(F)(F)F)no1. The predicted octanol–water partition coefficient (Wildman–Crippen LogP) is 3.71. The lowest BCUT2D eigenvalue weighted by atomic mass is 10.0. The lowest BCUT2D eigenvalue weighted by Crippen LogP contribution is -2.07. The van der Waals surface area contributed by atoms with Crippen molar-refractivity contribution in [3.8, 4) is 11.3 Å². The minimum atomic E-state index is -4.47. The van der Waals surface area contributed by atoms with Crippen molar-refractivity contribution in [1.29, 1.82) is 0 Å². The summed E-state index contributed by atoms with van der Waals surface area (Å²) in [4.78, 5) is 0. The Morgan fingerprint density at radius 1 is 1.24 bits per heavy atom. The second-order valence-electron chi connectivity index (χ2n) is 3.30. The van der Waals surface area contributed by atoms with Crippen molar-refractivity contribution in [1.82, 2.24) is 5.16 Å². The van der Waals surface area contributed by atoms with Gasteiger partial charge in [-0.25, -0.2) is 0 Å². The van der Waals surface area contributed by atoms with Crippen LogP contribution in [0.5, 0.6) is 0 Å². The van der Waals surface area contributed by atoms with E-state index in [-0.39, 0.29) is 17.1 Å². The van der Waals surface area contributed by atoms with Crippen LogP contribution >= 0.6 is 15.9 Å². The maximum Gasteiger partial charge on any atom is 0.417 e. The molecular weight excluding hydrogens is 301 g/mol. The molecule has 1 aromatic heterocycles. The molecule has 0 unspecified atom stereocenters. The smallest absolute Gasteiger partial charge is 0.368 e. The number of nitrogens with zero attached hydrogens (tertiary/aromatic N) is 1. The van der Waals surface area contributed by atoms with Crippen LogP contribution < -0.4 is 5.73 Å². The van der Waals surface area contributed by atoms with Crippen molar-refractivity contribution >= 4 is 21.8 Å². The molecule has 0 aliphatic heterocycles. The summed E-state index contributed by atoms with van der Waals surface area (Å²) in [5.74, 6) is -0.0314. The van der Waals surface area contributed by atoms with Crippen LogP contribution in [-0.4, -0.2) is 5.16 Å². The van der Waals surface area contributed by atoms with Crippen LogP contribution in [-0.2, 0) is 6.18 Å². The molecule has 0 saturated carbocycles. The zero-order chi connectivity index (χ0) is 12.6. The van der Waals surface area contributed by atoms with Crippen molar-refractivity contribution in [3.05, 3.63) is 34.3 Å². The lowest BCUT2D eigenvalue weighted by Gasteiger charge is -2.11. The number of halogens is 4. The maximum atomic E-state index is 12.8. The van der Waals surface area contributed by atoms with E-state index in [4.69, 9.17) is 5.73 Å². The van der Waals surface area contributed by atoms with Gasteiger partial charge in [0.1, 0.15) is 5.69 Å². The van der Waals surface area contributed by atoms with Crippen molar-refractivity contribution in [2.24, 2.45) is 0 Å². The zero-order valence-electron chi connectivity index (χ0n) is 8.25. The Balaban J connectivity index is 2.61. The van der Waals surface area contributed by atoms with Gasteiger partial charge in [-0.3, -0.25) is 0 Å². The number of anilines is 1. The third kappa shape index (κ3) is 2.44. The van der Waals surface area contributed by atoms with Gasteiger partial charge in [-0.15, -0.1) is 0 Å². The van der Waals surface area contributed by atoms with E-state index in [0.29, 0.717) is 4.47 Å². The summed E-state index contributed by atoms with van der Waals surface area (Å²) in [5, 5.41) is 3.47. The summed E-state index contributed by atoms with van der Waals surface area (Å²) < 4.78 is 43.3. The molecule has 2 N–H and O–H groups in total. The Hall–Kier alpha value is -1.50. The molecule has 0 aliphatic rings. The highest BCUT2D eigenvalue weighted by Gasteiger charge is 2.34. The number of aromatic nitrogens is 1. The molecule has 2 aromatic rings. The fourth-order valence-electron chi connectivity index (χ4n) is 1.39. The lowest BCUT2D eigenvalue weighted by molar-refractivity contribution is -0.137. The van der Waals surface area contributed by atoms with E-state index in [1.165, 1.54) is 18.2 Å². The molecule has 1 heterocycles. The summed E-state index contributed by atoms with van der Waals surface area (Å²) >= 11 is 3.00. The van der Waals surface area contributed by atoms with Gasteiger partial charge in [0, 0.05) is 16.1 Å². The first-order valence-corrected chi connectivity index (χ1v) is 5.26. The highest BCUT2D eigenvalue weighted by molar-refractivity contribution is 9.10. The topological polar surface area (TPSA) is 52.0 Å². The molecule has 0 atom stereocenters. The van der Waals surface area contributed by atoms with Gasteiger partial charge in [-0.2, -0.15) is 13.2 Å². The van der Waals surface area contributed by atoms with Crippen LogP contribution in [0.2, 0.25) is 0 Å². The van der Waals surface area contributed by atoms with Crippen LogP contribution in [0.1, 0.15) is 5.56 Å². The molecule has 7 heteroatoms. The summed E-state index contributed by atoms with van der Waals surface area (Å²) in [7, 11) is 0. The second kappa shape index (κ2) is 4.06. The number of nitrogen functional groups attached to an aromatic ring is 1. The van der Waals surface area contributed by atoms with Crippen LogP contribution in [0, 0.1) is 0 Å². The molecule has 2 rings (SSSR count). The van der Waals surface area contributed by atoms with Crippen LogP contribution in [0.4, 0.5) is 19.1 Å². The van der Waals surface area contributed by atoms with Gasteiger partial charge in [0.15, 0.2) is 0 Å². The van der Waals surface area contributed by atoms with Gasteiger partial charge in [-0.1, -0.05) is 27.2 Å². The molecule has 0 aliphatic carbocycles. The number of rotatable bonds is 1. The fraction of sp³-hybridized carbons (Fsp3) is 0.100. The predicted molar refractivity (Wildman–Crippen MR) is 59.1 cm³/mol. The number of nitrogens with two attached hydrogens (primary N) is 1. The molecule has 17 heavy (non-hydrogen) atoms. The molecule has 0 fully saturated rings. The third-order valence-corrected chi connectivity index (χ3v) is 2.58. The Kier molecular flexibility index (Phi) is 2.86. The van der Waals surface area contributed by atoms with E-state index in [1.54, 1.807) is 0 Å². The second-order valence-corrected chi connectivity index (χ2v) is 4.22. The van der Waals surface area contributed by atoms with Gasteiger partial charge in [-0.05, 0) is 12.1 Å². The van der Waals surface area contributed by atoms with Crippen molar-refractivity contribution in [2.75, 3.05) is 5.73 Å². The van der Waals surface area contributed by atoms with Gasteiger partial charge in [0.2, 0.25) is 5.88 Å². The summed E-state index contributed by atoms with van der Waals surface area (Å²) in [6.45, 7) is 0. The molecule has 0 saturated heterocycles. The summed E-state index contributed by atoms with van der Waals surface area (Å²) in [6, 6.07) is 5.04. The van der Waals surface area contributed by atoms with E-state index in [2.05, 4.69) is 25.6 Å². The Bertz CT molecular complexity index is 551. The van der Waals surface area contributed by atoms with Gasteiger partial charge in [0.25, 0.3) is 0 Å². The van der Waals surface area contributed by atoms with Crippen molar-refractivity contribution in [3.63, 3.8) is 0 Å². The van der Waals surface area contributed by atoms with Crippen molar-refractivity contribution < 1.29 is 17.7 Å². The molecule has 1 aromatic carbocycles. The minimum Gasteiger partial charge on any atom is -0.368 e. The first kappa shape index (κ1) is 12.0. The monoisotopic (exact) mass is 306 g/mol. The third-order valence-electron chi connectivity index (χ3n) is 2.09. The molecule has 0 spiro atoms. The van der Waals surface area contributed by atoms with E-state index >= 15 is 0 Å². The molecule has 0 radical (unpaired) electrons. The highest BCUT2D eigenvalue weighted by atomic mass is 79.9. The first-order chi connectivity index (χ1) is 7.88. The molecule has 0 amide bonds. The van der Waals surface area contributed by atoms with E-state index < -0.39 is 11.7 Å². The number of alkyl halides is 3. The zero-order valence-corrected chi connectivity index (χ0v) is 9.84. The van der Waals surface area contributed by atoms with Gasteiger partial charge < -0.3 is 10.3 Å². The average molecular weight is 307 g/mol.